The Bertz CT molecular complexity index is 1180. The van der Waals surface area contributed by atoms with Gasteiger partial charge in [0.25, 0.3) is 0 Å². The molecule has 0 aliphatic carbocycles. The first-order valence-electron chi connectivity index (χ1n) is 12.5. The van der Waals surface area contributed by atoms with Crippen molar-refractivity contribution < 1.29 is 5.11 Å². The van der Waals surface area contributed by atoms with Gasteiger partial charge >= 0.3 is 0 Å². The van der Waals surface area contributed by atoms with Gasteiger partial charge in [-0.3, -0.25) is 4.68 Å². The topological polar surface area (TPSA) is 82.3 Å². The number of aromatic hydroxyl groups is 1. The molecule has 2 N–H and O–H groups in total. The minimum Gasteiger partial charge on any atom is -0.507 e. The van der Waals surface area contributed by atoms with Crippen LogP contribution in [0.4, 0.5) is 11.5 Å². The Balaban J connectivity index is 1.33. The molecular formula is C26H33N7O. The Morgan fingerprint density at radius 3 is 2.53 bits per heavy atom. The molecule has 2 fully saturated rings. The third-order valence-corrected chi connectivity index (χ3v) is 7.77. The standard InChI is InChI=1S/C26H33N7O/c1-31-9-4-10-33(21-12-19-5-3-6-20(13-21)28-19)26-24(31)14-23(29-30-26)22-8-7-17(11-25(22)34)18-15-27-32(2)16-18/h7-8,11,14-16,19-21,28,34H,3-6,9-10,12-13H2,1-2H3/t19-,20?,21-/m0/s1. The third-order valence-electron chi connectivity index (χ3n) is 7.77. The molecule has 0 spiro atoms. The molecule has 3 aliphatic rings. The number of nitrogens with one attached hydrogen (secondary N) is 1. The first-order valence-corrected chi connectivity index (χ1v) is 12.5. The SMILES string of the molecule is CN1CCCN([C@@H]2CC3CCC[C@@H](C2)N3)c2nnc(-c3ccc(-c4cnn(C)c4)cc3O)cc21. The highest BCUT2D eigenvalue weighted by atomic mass is 16.3. The van der Waals surface area contributed by atoms with Crippen LogP contribution in [-0.4, -0.2) is 63.3 Å². The highest BCUT2D eigenvalue weighted by Crippen LogP contribution is 2.39. The van der Waals surface area contributed by atoms with Gasteiger partial charge in [-0.25, -0.2) is 0 Å². The van der Waals surface area contributed by atoms with E-state index in [1.165, 1.54) is 32.1 Å². The van der Waals surface area contributed by atoms with E-state index >= 15 is 0 Å². The number of aryl methyl sites for hydroxylation is 1. The lowest BCUT2D eigenvalue weighted by Crippen LogP contribution is -2.55. The fourth-order valence-electron chi connectivity index (χ4n) is 6.04. The van der Waals surface area contributed by atoms with Crippen LogP contribution in [0.1, 0.15) is 38.5 Å². The lowest BCUT2D eigenvalue weighted by Gasteiger charge is -2.44. The minimum absolute atomic E-state index is 0.204. The van der Waals surface area contributed by atoms with E-state index in [0.29, 0.717) is 29.4 Å². The van der Waals surface area contributed by atoms with Crippen molar-refractivity contribution in [3.05, 3.63) is 36.7 Å². The van der Waals surface area contributed by atoms with E-state index in [2.05, 4.69) is 38.4 Å². The maximum absolute atomic E-state index is 10.9. The summed E-state index contributed by atoms with van der Waals surface area (Å²) < 4.78 is 1.76. The Morgan fingerprint density at radius 2 is 1.79 bits per heavy atom. The van der Waals surface area contributed by atoms with Gasteiger partial charge in [-0.15, -0.1) is 10.2 Å². The first kappa shape index (κ1) is 21.4. The monoisotopic (exact) mass is 459 g/mol. The molecule has 0 amide bonds. The summed E-state index contributed by atoms with van der Waals surface area (Å²) in [6.45, 7) is 2.00. The summed E-state index contributed by atoms with van der Waals surface area (Å²) in [6, 6.07) is 9.58. The summed E-state index contributed by atoms with van der Waals surface area (Å²) in [5.41, 5.74) is 4.40. The zero-order valence-corrected chi connectivity index (χ0v) is 20.0. The van der Waals surface area contributed by atoms with Gasteiger partial charge in [0.15, 0.2) is 5.82 Å². The average molecular weight is 460 g/mol. The number of phenols is 1. The van der Waals surface area contributed by atoms with Crippen molar-refractivity contribution in [2.24, 2.45) is 7.05 Å². The molecule has 3 aromatic rings. The molecular weight excluding hydrogens is 426 g/mol. The molecule has 1 unspecified atom stereocenters. The molecule has 3 atom stereocenters. The molecule has 3 aliphatic heterocycles. The predicted octanol–water partition coefficient (Wildman–Crippen LogP) is 3.57. The number of nitrogens with zero attached hydrogens (tertiary/aromatic N) is 6. The maximum atomic E-state index is 10.9. The minimum atomic E-state index is 0.204. The van der Waals surface area contributed by atoms with Crippen LogP contribution < -0.4 is 15.1 Å². The molecule has 8 nitrogen and oxygen atoms in total. The van der Waals surface area contributed by atoms with Crippen LogP contribution in [0.2, 0.25) is 0 Å². The smallest absolute Gasteiger partial charge is 0.175 e. The summed E-state index contributed by atoms with van der Waals surface area (Å²) in [5, 5.41) is 28.3. The van der Waals surface area contributed by atoms with Crippen LogP contribution >= 0.6 is 0 Å². The summed E-state index contributed by atoms with van der Waals surface area (Å²) in [7, 11) is 4.02. The Labute approximate surface area is 200 Å². The van der Waals surface area contributed by atoms with Gasteiger partial charge in [0.05, 0.1) is 17.6 Å². The van der Waals surface area contributed by atoms with Gasteiger partial charge in [-0.1, -0.05) is 12.5 Å². The molecule has 178 valence electrons. The van der Waals surface area contributed by atoms with Crippen LogP contribution in [-0.2, 0) is 7.05 Å². The number of benzene rings is 1. The van der Waals surface area contributed by atoms with Crippen molar-refractivity contribution in [3.8, 4) is 28.1 Å². The highest BCUT2D eigenvalue weighted by molar-refractivity contribution is 5.78. The zero-order valence-electron chi connectivity index (χ0n) is 20.0. The van der Waals surface area contributed by atoms with Crippen LogP contribution in [0, 0.1) is 0 Å². The summed E-state index contributed by atoms with van der Waals surface area (Å²) in [6.07, 6.45) is 11.1. The lowest BCUT2D eigenvalue weighted by atomic mass is 9.83. The molecule has 2 bridgehead atoms. The van der Waals surface area contributed by atoms with Crippen molar-refractivity contribution in [2.75, 3.05) is 29.9 Å². The van der Waals surface area contributed by atoms with Gasteiger partial charge in [0.2, 0.25) is 0 Å². The zero-order chi connectivity index (χ0) is 23.2. The van der Waals surface area contributed by atoms with E-state index < -0.39 is 0 Å². The summed E-state index contributed by atoms with van der Waals surface area (Å²) in [5.74, 6) is 1.19. The van der Waals surface area contributed by atoms with Crippen molar-refractivity contribution in [1.82, 2.24) is 25.3 Å². The van der Waals surface area contributed by atoms with E-state index in [4.69, 9.17) is 5.10 Å². The van der Waals surface area contributed by atoms with E-state index in [1.54, 1.807) is 16.9 Å². The van der Waals surface area contributed by atoms with E-state index in [0.717, 1.165) is 42.1 Å². The Morgan fingerprint density at radius 1 is 0.971 bits per heavy atom. The second kappa shape index (κ2) is 8.58. The van der Waals surface area contributed by atoms with Crippen molar-refractivity contribution in [3.63, 3.8) is 0 Å². The van der Waals surface area contributed by atoms with E-state index in [9.17, 15) is 5.11 Å². The number of anilines is 2. The second-order valence-electron chi connectivity index (χ2n) is 10.2. The quantitative estimate of drug-likeness (QED) is 0.620. The fourth-order valence-corrected chi connectivity index (χ4v) is 6.04. The molecule has 0 saturated carbocycles. The van der Waals surface area contributed by atoms with E-state index in [1.807, 2.05) is 25.4 Å². The largest absolute Gasteiger partial charge is 0.507 e. The molecule has 34 heavy (non-hydrogen) atoms. The van der Waals surface area contributed by atoms with Gasteiger partial charge in [0.1, 0.15) is 5.75 Å². The molecule has 2 saturated heterocycles. The third kappa shape index (κ3) is 3.90. The number of hydrogen-bond donors (Lipinski definition) is 2. The van der Waals surface area contributed by atoms with Gasteiger partial charge in [-0.05, 0) is 55.9 Å². The first-order chi connectivity index (χ1) is 16.5. The highest BCUT2D eigenvalue weighted by Gasteiger charge is 2.36. The predicted molar refractivity (Wildman–Crippen MR) is 134 cm³/mol. The summed E-state index contributed by atoms with van der Waals surface area (Å²) in [4.78, 5) is 4.81. The number of hydrogen-bond acceptors (Lipinski definition) is 7. The molecule has 8 heteroatoms. The molecule has 5 heterocycles. The van der Waals surface area contributed by atoms with Gasteiger partial charge in [-0.2, -0.15) is 5.10 Å². The van der Waals surface area contributed by atoms with Crippen molar-refractivity contribution in [2.45, 2.75) is 56.7 Å². The second-order valence-corrected chi connectivity index (χ2v) is 10.2. The lowest BCUT2D eigenvalue weighted by molar-refractivity contribution is 0.216. The van der Waals surface area contributed by atoms with Crippen LogP contribution in [0.3, 0.4) is 0 Å². The molecule has 2 aromatic heterocycles. The van der Waals surface area contributed by atoms with Crippen LogP contribution in [0.5, 0.6) is 5.75 Å². The molecule has 0 radical (unpaired) electrons. The number of aromatic nitrogens is 4. The Hall–Kier alpha value is -3.13. The maximum Gasteiger partial charge on any atom is 0.175 e. The number of rotatable bonds is 3. The fraction of sp³-hybridized carbons (Fsp3) is 0.500. The van der Waals surface area contributed by atoms with Crippen LogP contribution in [0.25, 0.3) is 22.4 Å². The number of fused-ring (bicyclic) bond motifs is 3. The molecule has 1 aromatic carbocycles. The van der Waals surface area contributed by atoms with E-state index in [-0.39, 0.29) is 5.75 Å². The van der Waals surface area contributed by atoms with Crippen molar-refractivity contribution >= 4 is 11.5 Å². The average Bonchev–Trinajstić information content (AvgIpc) is 3.20. The van der Waals surface area contributed by atoms with Crippen molar-refractivity contribution in [1.29, 1.82) is 0 Å². The summed E-state index contributed by atoms with van der Waals surface area (Å²) >= 11 is 0. The number of phenolic OH excluding ortho intramolecular Hbond substituents is 1. The van der Waals surface area contributed by atoms with Gasteiger partial charge in [0, 0.05) is 62.6 Å². The number of piperidine rings is 2. The Kier molecular flexibility index (Phi) is 5.40. The normalized spacial score (nSPS) is 24.6. The molecule has 6 rings (SSSR count). The van der Waals surface area contributed by atoms with Gasteiger partial charge < -0.3 is 20.2 Å². The van der Waals surface area contributed by atoms with Crippen LogP contribution in [0.15, 0.2) is 36.7 Å².